The number of carbonyl (C=O) groups excluding carboxylic acids is 3. The Kier molecular flexibility index (Phi) is 26.4. The van der Waals surface area contributed by atoms with Crippen molar-refractivity contribution < 1.29 is 24.0 Å². The van der Waals surface area contributed by atoms with Crippen LogP contribution >= 0.6 is 0 Å². The highest BCUT2D eigenvalue weighted by Gasteiger charge is 2.49. The summed E-state index contributed by atoms with van der Waals surface area (Å²) in [6.07, 6.45) is 36.7. The van der Waals surface area contributed by atoms with Gasteiger partial charge in [0, 0.05) is 86.7 Å². The molecule has 0 aromatic heterocycles. The van der Waals surface area contributed by atoms with E-state index in [0.717, 1.165) is 163 Å². The lowest BCUT2D eigenvalue weighted by molar-refractivity contribution is -0.137. The van der Waals surface area contributed by atoms with E-state index < -0.39 is 0 Å². The number of likely N-dealkylation sites (tertiary alicyclic amines) is 8. The van der Waals surface area contributed by atoms with Gasteiger partial charge in [-0.15, -0.1) is 0 Å². The van der Waals surface area contributed by atoms with Crippen LogP contribution in [0, 0.1) is 39.4 Å². The molecule has 3 aliphatic carbocycles. The quantitative estimate of drug-likeness (QED) is 0.230. The van der Waals surface area contributed by atoms with Gasteiger partial charge < -0.3 is 63.5 Å². The summed E-state index contributed by atoms with van der Waals surface area (Å²) in [5.74, 6) is 3.20. The Morgan fingerprint density at radius 1 is 0.363 bits per heavy atom. The number of urea groups is 1. The van der Waals surface area contributed by atoms with Gasteiger partial charge in [0.05, 0.1) is 23.2 Å². The molecule has 0 unspecified atom stereocenters. The molecule has 0 N–H and O–H groups in total. The minimum absolute atomic E-state index is 0.0290. The highest BCUT2D eigenvalue weighted by atomic mass is 16.7. The molecule has 4 amide bonds. The monoisotopic (exact) mass is 1280 g/mol. The molecule has 0 aromatic rings. The number of hydrogen-bond donors (Lipinski definition) is 0. The van der Waals surface area contributed by atoms with Crippen molar-refractivity contribution in [2.75, 3.05) is 189 Å². The fourth-order valence-corrected chi connectivity index (χ4v) is 18.1. The van der Waals surface area contributed by atoms with E-state index >= 15 is 0 Å². The highest BCUT2D eigenvalue weighted by molar-refractivity contribution is 5.85. The summed E-state index contributed by atoms with van der Waals surface area (Å²) in [6, 6.07) is 0.176. The molecule has 10 saturated heterocycles. The maximum absolute atomic E-state index is 11.9. The van der Waals surface area contributed by atoms with Crippen molar-refractivity contribution in [1.82, 2.24) is 53.9 Å². The molecule has 11 heterocycles. The van der Waals surface area contributed by atoms with Crippen molar-refractivity contribution >= 4 is 23.7 Å². The first-order chi connectivity index (χ1) is 43.1. The second kappa shape index (κ2) is 32.5. The smallest absolute Gasteiger partial charge is 0.410 e. The predicted octanol–water partition coefficient (Wildman–Crippen LogP) is 11.5. The van der Waals surface area contributed by atoms with Gasteiger partial charge in [-0.05, 0) is 291 Å². The maximum atomic E-state index is 11.9. The minimum atomic E-state index is -0.144. The van der Waals surface area contributed by atoms with Crippen molar-refractivity contribution in [2.24, 2.45) is 44.6 Å². The summed E-state index contributed by atoms with van der Waals surface area (Å²) in [5, 5.41) is 4.04. The van der Waals surface area contributed by atoms with Crippen molar-refractivity contribution in [3.8, 4) is 0 Å². The first-order valence-corrected chi connectivity index (χ1v) is 37.3. The largest absolute Gasteiger partial charge is 0.441 e. The van der Waals surface area contributed by atoms with Crippen molar-refractivity contribution in [3.05, 3.63) is 0 Å². The summed E-state index contributed by atoms with van der Waals surface area (Å²) in [5.41, 5.74) is 3.55. The molecule has 0 aromatic carbocycles. The van der Waals surface area contributed by atoms with Crippen LogP contribution in [0.25, 0.3) is 0 Å². The summed E-state index contributed by atoms with van der Waals surface area (Å²) < 4.78 is 5.44. The summed E-state index contributed by atoms with van der Waals surface area (Å²) in [7, 11) is 23.0. The molecular weight excluding hydrogens is 1140 g/mol. The number of oxime groups is 1. The van der Waals surface area contributed by atoms with Crippen LogP contribution in [0.5, 0.6) is 0 Å². The molecule has 11 aliphatic heterocycles. The van der Waals surface area contributed by atoms with Gasteiger partial charge in [-0.3, -0.25) is 4.79 Å². The van der Waals surface area contributed by atoms with Gasteiger partial charge in [0.2, 0.25) is 5.91 Å². The van der Waals surface area contributed by atoms with Gasteiger partial charge in [0.25, 0.3) is 0 Å². The van der Waals surface area contributed by atoms with E-state index in [9.17, 15) is 14.4 Å². The molecular formula is C74H138N12O5. The number of hydrogen-bond acceptors (Lipinski definition) is 13. The molecule has 0 radical (unpaired) electrons. The molecule has 14 rings (SSSR count). The number of piperidine rings is 7. The maximum Gasteiger partial charge on any atom is 0.410 e. The zero-order chi connectivity index (χ0) is 65.8. The van der Waals surface area contributed by atoms with E-state index in [1.54, 1.807) is 4.90 Å². The molecule has 17 heteroatoms. The fourth-order valence-electron chi connectivity index (χ4n) is 18.1. The molecule has 7 spiro atoms. The number of amides is 4. The van der Waals surface area contributed by atoms with Gasteiger partial charge in [0.15, 0.2) is 0 Å². The van der Waals surface area contributed by atoms with Crippen LogP contribution in [0.4, 0.5) is 9.59 Å². The van der Waals surface area contributed by atoms with Crippen LogP contribution in [0.3, 0.4) is 0 Å². The Morgan fingerprint density at radius 2 is 0.692 bits per heavy atom. The Morgan fingerprint density at radius 3 is 1.00 bits per heavy atom. The minimum Gasteiger partial charge on any atom is -0.441 e. The molecule has 14 aliphatic rings. The van der Waals surface area contributed by atoms with Crippen molar-refractivity contribution in [3.63, 3.8) is 0 Å². The average molecular weight is 1280 g/mol. The normalized spacial score (nSPS) is 30.6. The highest BCUT2D eigenvalue weighted by Crippen LogP contribution is 2.48. The number of likely N-dealkylation sites (N-methyl/N-ethyl adjacent to an activating group) is 3. The molecule has 3 saturated carbocycles. The zero-order valence-corrected chi connectivity index (χ0v) is 61.5. The third-order valence-corrected chi connectivity index (χ3v) is 26.5. The third kappa shape index (κ3) is 20.2. The van der Waals surface area contributed by atoms with E-state index in [1.165, 1.54) is 168 Å². The topological polar surface area (TPSA) is 118 Å². The summed E-state index contributed by atoms with van der Waals surface area (Å²) in [4.78, 5) is 64.6. The van der Waals surface area contributed by atoms with Gasteiger partial charge in [-0.1, -0.05) is 51.6 Å². The summed E-state index contributed by atoms with van der Waals surface area (Å²) in [6.45, 7) is 29.1. The molecule has 17 nitrogen and oxygen atoms in total. The number of rotatable bonds is 0. The first-order valence-electron chi connectivity index (χ1n) is 37.3. The second-order valence-corrected chi connectivity index (χ2v) is 34.0. The van der Waals surface area contributed by atoms with E-state index in [4.69, 9.17) is 9.57 Å². The van der Waals surface area contributed by atoms with Gasteiger partial charge in [0.1, 0.15) is 11.2 Å². The molecule has 13 fully saturated rings. The van der Waals surface area contributed by atoms with Crippen LogP contribution in [0.2, 0.25) is 0 Å². The number of ether oxygens (including phenoxy) is 1. The van der Waals surface area contributed by atoms with Crippen LogP contribution < -0.4 is 0 Å². The molecule has 0 bridgehead atoms. The Hall–Kier alpha value is -2.80. The molecule has 524 valence electrons. The van der Waals surface area contributed by atoms with E-state index in [2.05, 4.69) is 110 Å². The van der Waals surface area contributed by atoms with Gasteiger partial charge in [-0.25, -0.2) is 9.59 Å². The third-order valence-electron chi connectivity index (χ3n) is 26.5. The predicted molar refractivity (Wildman–Crippen MR) is 374 cm³/mol. The van der Waals surface area contributed by atoms with E-state index in [0.29, 0.717) is 5.91 Å². The van der Waals surface area contributed by atoms with Crippen LogP contribution in [-0.2, 0) is 14.4 Å². The molecule has 0 atom stereocenters. The summed E-state index contributed by atoms with van der Waals surface area (Å²) >= 11 is 0. The van der Waals surface area contributed by atoms with Crippen LogP contribution in [-0.4, -0.2) is 283 Å². The lowest BCUT2D eigenvalue weighted by Crippen LogP contribution is -2.52. The Labute approximate surface area is 556 Å². The lowest BCUT2D eigenvalue weighted by Gasteiger charge is -2.45. The van der Waals surface area contributed by atoms with Crippen molar-refractivity contribution in [2.45, 2.75) is 224 Å². The standard InChI is InChI=1S/2C12H23N.C11H22N2.C10H19N3O.C10H18N2O.C10H17NO2.C9H16N2O/c2*1-11-3-5-12(6-4-11)7-9-13(2)10-8-12;1-12-7-3-11(4-8-12)5-9-13(2)10-6-11;1-11-6-4-10(5-7-11)8-12(2)9(14)13(10)3;1-11-6-3-10(4-7-11)5-8-12(2)9(10)13;1-8-3-5-10(6-4-8)7-11(2)9(12)13-10;1-8-7-9(12-10-8)3-5-11(2)6-4-9/h2*11H,3-10H2,1-2H3;3-10H2,1-2H3;4-8H2,1-3H3;3-8H2,1-2H3;8H,3-7H2,1-2H3;3-7H2,1-2H3. The fraction of sp³-hybridized carbons (Fsp3) is 0.946. The van der Waals surface area contributed by atoms with E-state index in [1.807, 2.05) is 49.8 Å². The second-order valence-electron chi connectivity index (χ2n) is 34.0. The van der Waals surface area contributed by atoms with Crippen LogP contribution in [0.1, 0.15) is 207 Å². The van der Waals surface area contributed by atoms with Crippen molar-refractivity contribution in [1.29, 1.82) is 0 Å². The Balaban J connectivity index is 0.000000137. The number of carbonyl (C=O) groups is 3. The van der Waals surface area contributed by atoms with E-state index in [-0.39, 0.29) is 34.3 Å². The first kappa shape index (κ1) is 74.0. The number of nitrogens with zero attached hydrogens (tertiary/aromatic N) is 12. The van der Waals surface area contributed by atoms with Crippen LogP contribution in [0.15, 0.2) is 5.16 Å². The lowest BCUT2D eigenvalue weighted by atomic mass is 9.66. The average Bonchev–Trinajstić information content (AvgIpc) is 1.81. The Bertz CT molecular complexity index is 2090. The zero-order valence-electron chi connectivity index (χ0n) is 61.5. The SMILES string of the molecule is CC1=NOC2(CCN(C)CC2)C1.CC1CCC2(CC1)CCN(C)CC2.CC1CCC2(CC1)CCN(C)CC2.CC1CCC2(CC1)CN(C)C(=O)O2.CN1CCC2(CC1)CCN(C)C2=O.CN1CCC2(CC1)CCN(C)CC2.CN1CCC2(CC1)CN(C)C(=O)N2C. The van der Waals surface area contributed by atoms with Gasteiger partial charge in [-0.2, -0.15) is 0 Å². The molecule has 91 heavy (non-hydrogen) atoms. The van der Waals surface area contributed by atoms with Gasteiger partial charge >= 0.3 is 12.1 Å².